The number of nitrogens with zero attached hydrogens (tertiary/aromatic N) is 1. The van der Waals surface area contributed by atoms with Crippen LogP contribution in [0.25, 0.3) is 0 Å². The van der Waals surface area contributed by atoms with Gasteiger partial charge in [0, 0.05) is 13.1 Å². The van der Waals surface area contributed by atoms with Gasteiger partial charge in [-0.05, 0) is 6.92 Å². The maximum absolute atomic E-state index is 11.0. The van der Waals surface area contributed by atoms with Gasteiger partial charge < -0.3 is 14.4 Å². The van der Waals surface area contributed by atoms with E-state index in [0.717, 1.165) is 0 Å². The van der Waals surface area contributed by atoms with Crippen LogP contribution in [0, 0.1) is 0 Å². The summed E-state index contributed by atoms with van der Waals surface area (Å²) in [6, 6.07) is 0. The fraction of sp³-hybridized carbons (Fsp3) is 0.750. The molecule has 0 saturated carbocycles. The predicted octanol–water partition coefficient (Wildman–Crippen LogP) is 0.638. The monoisotopic (exact) mass is 189 g/mol. The Morgan fingerprint density at radius 3 is 2.23 bits per heavy atom. The summed E-state index contributed by atoms with van der Waals surface area (Å²) in [5.41, 5.74) is 0. The van der Waals surface area contributed by atoms with Crippen molar-refractivity contribution in [3.05, 3.63) is 0 Å². The molecule has 0 spiro atoms. The van der Waals surface area contributed by atoms with Gasteiger partial charge in [-0.2, -0.15) is 0 Å². The van der Waals surface area contributed by atoms with E-state index in [2.05, 4.69) is 9.47 Å². The Hall–Kier alpha value is -1.26. The Labute approximate surface area is 77.6 Å². The molecule has 0 fully saturated rings. The van der Waals surface area contributed by atoms with Crippen molar-refractivity contribution in [1.29, 1.82) is 0 Å². The molecule has 0 rings (SSSR count). The first-order chi connectivity index (χ1) is 6.15. The van der Waals surface area contributed by atoms with Crippen molar-refractivity contribution in [3.63, 3.8) is 0 Å². The number of hydrogen-bond donors (Lipinski definition) is 0. The third kappa shape index (κ3) is 4.35. The van der Waals surface area contributed by atoms with Crippen LogP contribution >= 0.6 is 0 Å². The van der Waals surface area contributed by atoms with E-state index in [4.69, 9.17) is 0 Å². The number of amides is 1. The number of ether oxygens (including phenoxy) is 2. The minimum atomic E-state index is -0.425. The van der Waals surface area contributed by atoms with Gasteiger partial charge in [-0.15, -0.1) is 0 Å². The third-order valence-corrected chi connectivity index (χ3v) is 1.63. The van der Waals surface area contributed by atoms with E-state index < -0.39 is 6.09 Å². The molecule has 0 unspecified atom stereocenters. The van der Waals surface area contributed by atoms with Gasteiger partial charge in [0.25, 0.3) is 0 Å². The van der Waals surface area contributed by atoms with E-state index in [-0.39, 0.29) is 12.4 Å². The van der Waals surface area contributed by atoms with E-state index in [1.807, 2.05) is 6.92 Å². The zero-order valence-corrected chi connectivity index (χ0v) is 8.20. The summed E-state index contributed by atoms with van der Waals surface area (Å²) < 4.78 is 8.94. The van der Waals surface area contributed by atoms with Crippen LogP contribution in [0.2, 0.25) is 0 Å². The molecule has 0 N–H and O–H groups in total. The van der Waals surface area contributed by atoms with E-state index in [1.54, 1.807) is 0 Å². The molecule has 5 heteroatoms. The first-order valence-corrected chi connectivity index (χ1v) is 4.05. The lowest BCUT2D eigenvalue weighted by Crippen LogP contribution is -2.32. The summed E-state index contributed by atoms with van der Waals surface area (Å²) in [5, 5.41) is 0. The molecule has 5 nitrogen and oxygen atoms in total. The number of carbonyl (C=O) groups excluding carboxylic acids is 2. The Bertz CT molecular complexity index is 181. The Morgan fingerprint density at radius 1 is 1.23 bits per heavy atom. The first-order valence-electron chi connectivity index (χ1n) is 4.05. The largest absolute Gasteiger partial charge is 0.469 e. The van der Waals surface area contributed by atoms with Crippen molar-refractivity contribution in [2.24, 2.45) is 0 Å². The highest BCUT2D eigenvalue weighted by molar-refractivity contribution is 5.71. The molecule has 0 heterocycles. The summed E-state index contributed by atoms with van der Waals surface area (Å²) in [5.74, 6) is -0.331. The predicted molar refractivity (Wildman–Crippen MR) is 46.3 cm³/mol. The zero-order valence-electron chi connectivity index (χ0n) is 8.20. The van der Waals surface area contributed by atoms with Crippen molar-refractivity contribution >= 4 is 12.1 Å². The summed E-state index contributed by atoms with van der Waals surface area (Å²) >= 11 is 0. The maximum Gasteiger partial charge on any atom is 0.409 e. The van der Waals surface area contributed by atoms with Crippen molar-refractivity contribution < 1.29 is 19.1 Å². The van der Waals surface area contributed by atoms with Gasteiger partial charge in [-0.3, -0.25) is 4.79 Å². The number of methoxy groups -OCH3 is 2. The average molecular weight is 189 g/mol. The molecule has 0 aromatic rings. The minimum absolute atomic E-state index is 0.194. The number of rotatable bonds is 4. The van der Waals surface area contributed by atoms with Crippen LogP contribution in [0.1, 0.15) is 13.3 Å². The molecular weight excluding hydrogens is 174 g/mol. The van der Waals surface area contributed by atoms with Crippen molar-refractivity contribution in [3.8, 4) is 0 Å². The second-order valence-corrected chi connectivity index (χ2v) is 2.38. The van der Waals surface area contributed by atoms with E-state index >= 15 is 0 Å². The SMILES string of the molecule is CCN(CCC(=O)OC)C(=O)OC. The highest BCUT2D eigenvalue weighted by Gasteiger charge is 2.12. The molecule has 13 heavy (non-hydrogen) atoms. The quantitative estimate of drug-likeness (QED) is 0.609. The molecule has 0 aromatic heterocycles. The summed E-state index contributed by atoms with van der Waals surface area (Å²) in [4.78, 5) is 23.2. The first kappa shape index (κ1) is 11.7. The summed E-state index contributed by atoms with van der Waals surface area (Å²) in [7, 11) is 2.62. The van der Waals surface area contributed by atoms with Gasteiger partial charge >= 0.3 is 12.1 Å². The normalized spacial score (nSPS) is 9.15. The highest BCUT2D eigenvalue weighted by atomic mass is 16.5. The highest BCUT2D eigenvalue weighted by Crippen LogP contribution is 1.95. The molecular formula is C8H15NO4. The second-order valence-electron chi connectivity index (χ2n) is 2.38. The smallest absolute Gasteiger partial charge is 0.409 e. The molecule has 0 aliphatic heterocycles. The average Bonchev–Trinajstić information content (AvgIpc) is 2.17. The number of carbonyl (C=O) groups is 2. The summed E-state index contributed by atoms with van der Waals surface area (Å²) in [6.07, 6.45) is -0.231. The molecule has 0 atom stereocenters. The number of esters is 1. The van der Waals surface area contributed by atoms with Gasteiger partial charge in [-0.1, -0.05) is 0 Å². The molecule has 0 aliphatic carbocycles. The van der Waals surface area contributed by atoms with Gasteiger partial charge in [0.05, 0.1) is 20.6 Å². The lowest BCUT2D eigenvalue weighted by molar-refractivity contribution is -0.140. The van der Waals surface area contributed by atoms with Gasteiger partial charge in [0.1, 0.15) is 0 Å². The molecule has 0 saturated heterocycles. The van der Waals surface area contributed by atoms with Crippen molar-refractivity contribution in [2.45, 2.75) is 13.3 Å². The van der Waals surface area contributed by atoms with Crippen LogP contribution < -0.4 is 0 Å². The fourth-order valence-electron chi connectivity index (χ4n) is 0.836. The molecule has 0 aromatic carbocycles. The Balaban J connectivity index is 3.85. The zero-order chi connectivity index (χ0) is 10.3. The fourth-order valence-corrected chi connectivity index (χ4v) is 0.836. The van der Waals surface area contributed by atoms with Crippen LogP contribution in [0.3, 0.4) is 0 Å². The third-order valence-electron chi connectivity index (χ3n) is 1.63. The molecule has 76 valence electrons. The van der Waals surface area contributed by atoms with E-state index in [1.165, 1.54) is 19.1 Å². The van der Waals surface area contributed by atoms with Crippen molar-refractivity contribution in [2.75, 3.05) is 27.3 Å². The molecule has 1 amide bonds. The second kappa shape index (κ2) is 6.28. The van der Waals surface area contributed by atoms with Crippen LogP contribution in [-0.2, 0) is 14.3 Å². The Morgan fingerprint density at radius 2 is 1.85 bits per heavy atom. The molecule has 0 bridgehead atoms. The number of hydrogen-bond acceptors (Lipinski definition) is 4. The van der Waals surface area contributed by atoms with E-state index in [9.17, 15) is 9.59 Å². The van der Waals surface area contributed by atoms with Crippen LogP contribution in [0.15, 0.2) is 0 Å². The van der Waals surface area contributed by atoms with Gasteiger partial charge in [-0.25, -0.2) is 4.79 Å². The topological polar surface area (TPSA) is 55.8 Å². The van der Waals surface area contributed by atoms with Crippen LogP contribution in [-0.4, -0.2) is 44.3 Å². The lowest BCUT2D eigenvalue weighted by atomic mass is 10.4. The standard InChI is InChI=1S/C8H15NO4/c1-4-9(8(11)13-3)6-5-7(10)12-2/h4-6H2,1-3H3. The maximum atomic E-state index is 11.0. The van der Waals surface area contributed by atoms with Crippen molar-refractivity contribution in [1.82, 2.24) is 4.90 Å². The van der Waals surface area contributed by atoms with Gasteiger partial charge in [0.15, 0.2) is 0 Å². The molecule has 0 radical (unpaired) electrons. The lowest BCUT2D eigenvalue weighted by Gasteiger charge is -2.17. The molecule has 0 aliphatic rings. The van der Waals surface area contributed by atoms with Crippen LogP contribution in [0.5, 0.6) is 0 Å². The minimum Gasteiger partial charge on any atom is -0.469 e. The van der Waals surface area contributed by atoms with E-state index in [0.29, 0.717) is 13.1 Å². The van der Waals surface area contributed by atoms with Gasteiger partial charge in [0.2, 0.25) is 0 Å². The van der Waals surface area contributed by atoms with Crippen LogP contribution in [0.4, 0.5) is 4.79 Å². The summed E-state index contributed by atoms with van der Waals surface area (Å²) in [6.45, 7) is 2.66. The Kier molecular flexibility index (Phi) is 5.67.